The monoisotopic (exact) mass is 334 g/mol. The normalized spacial score (nSPS) is 19.9. The topological polar surface area (TPSA) is 36.1 Å². The molecule has 126 valence electrons. The van der Waals surface area contributed by atoms with E-state index in [0.717, 1.165) is 36.0 Å². The van der Waals surface area contributed by atoms with Gasteiger partial charge in [0.15, 0.2) is 0 Å². The van der Waals surface area contributed by atoms with Crippen LogP contribution < -0.4 is 0 Å². The number of aromatic nitrogens is 1. The third-order valence-corrected chi connectivity index (χ3v) is 5.43. The smallest absolute Gasteiger partial charge is 0.226 e. The first kappa shape index (κ1) is 14.7. The van der Waals surface area contributed by atoms with Crippen molar-refractivity contribution < 1.29 is 9.18 Å². The number of benzene rings is 2. The third kappa shape index (κ3) is 2.36. The Morgan fingerprint density at radius 2 is 1.84 bits per heavy atom. The molecule has 3 nitrogen and oxygen atoms in total. The van der Waals surface area contributed by atoms with Gasteiger partial charge in [-0.3, -0.25) is 4.79 Å². The average Bonchev–Trinajstić information content (AvgIpc) is 3.42. The van der Waals surface area contributed by atoms with Gasteiger partial charge in [-0.2, -0.15) is 0 Å². The zero-order chi connectivity index (χ0) is 17.0. The molecule has 25 heavy (non-hydrogen) atoms. The Kier molecular flexibility index (Phi) is 3.20. The first-order chi connectivity index (χ1) is 12.2. The van der Waals surface area contributed by atoms with E-state index in [9.17, 15) is 9.18 Å². The van der Waals surface area contributed by atoms with E-state index in [0.29, 0.717) is 6.54 Å². The summed E-state index contributed by atoms with van der Waals surface area (Å²) in [5.41, 5.74) is 4.42. The highest BCUT2D eigenvalue weighted by molar-refractivity contribution is 5.87. The zero-order valence-corrected chi connectivity index (χ0v) is 13.8. The Morgan fingerprint density at radius 3 is 2.60 bits per heavy atom. The summed E-state index contributed by atoms with van der Waals surface area (Å²) < 4.78 is 13.4. The van der Waals surface area contributed by atoms with Crippen LogP contribution in [0.2, 0.25) is 0 Å². The van der Waals surface area contributed by atoms with Crippen LogP contribution in [0.1, 0.15) is 35.7 Å². The number of hydrogen-bond acceptors (Lipinski definition) is 1. The Bertz CT molecular complexity index is 956. The first-order valence-electron chi connectivity index (χ1n) is 8.88. The first-order valence-corrected chi connectivity index (χ1v) is 8.88. The predicted molar refractivity (Wildman–Crippen MR) is 94.7 cm³/mol. The molecule has 0 radical (unpaired) electrons. The van der Waals surface area contributed by atoms with E-state index in [-0.39, 0.29) is 23.7 Å². The molecular formula is C21H19FN2O. The second-order valence-electron chi connectivity index (χ2n) is 7.07. The maximum atomic E-state index is 13.4. The predicted octanol–water partition coefficient (Wildman–Crippen LogP) is 4.19. The largest absolute Gasteiger partial charge is 0.356 e. The molecule has 0 saturated heterocycles. The number of nitrogens with one attached hydrogen (secondary N) is 1. The highest BCUT2D eigenvalue weighted by Crippen LogP contribution is 2.41. The Hall–Kier alpha value is -2.62. The van der Waals surface area contributed by atoms with Crippen LogP contribution >= 0.6 is 0 Å². The molecule has 0 unspecified atom stereocenters. The summed E-state index contributed by atoms with van der Waals surface area (Å²) in [5, 5.41) is 1.23. The number of carbonyl (C=O) groups excluding carboxylic acids is 1. The molecule has 2 aromatic carbocycles. The standard InChI is InChI=1S/C21H19FN2O/c22-15-9-7-13(8-10-15)20-19-17(16-3-1-2-4-18(16)23-19)11-12-24(20)21(25)14-5-6-14/h1-4,7-10,14,20,23H,5-6,11-12H2/t20-/m0/s1. The van der Waals surface area contributed by atoms with Gasteiger partial charge in [0.25, 0.3) is 0 Å². The molecule has 1 aromatic heterocycles. The minimum Gasteiger partial charge on any atom is -0.356 e. The lowest BCUT2D eigenvalue weighted by molar-refractivity contribution is -0.134. The van der Waals surface area contributed by atoms with Crippen molar-refractivity contribution >= 4 is 16.8 Å². The minimum absolute atomic E-state index is 0.162. The van der Waals surface area contributed by atoms with Gasteiger partial charge in [0.1, 0.15) is 5.82 Å². The van der Waals surface area contributed by atoms with E-state index in [1.54, 1.807) is 12.1 Å². The fourth-order valence-electron chi connectivity index (χ4n) is 4.03. The summed E-state index contributed by atoms with van der Waals surface area (Å²) in [4.78, 5) is 18.4. The summed E-state index contributed by atoms with van der Waals surface area (Å²) in [6.45, 7) is 0.715. The molecule has 2 heterocycles. The van der Waals surface area contributed by atoms with Crippen molar-refractivity contribution in [3.05, 3.63) is 71.2 Å². The van der Waals surface area contributed by atoms with E-state index < -0.39 is 0 Å². The van der Waals surface area contributed by atoms with Gasteiger partial charge in [0.05, 0.1) is 6.04 Å². The fourth-order valence-corrected chi connectivity index (χ4v) is 4.03. The van der Waals surface area contributed by atoms with Crippen molar-refractivity contribution in [2.24, 2.45) is 5.92 Å². The van der Waals surface area contributed by atoms with E-state index >= 15 is 0 Å². The maximum absolute atomic E-state index is 13.4. The Morgan fingerprint density at radius 1 is 1.08 bits per heavy atom. The molecule has 1 atom stereocenters. The van der Waals surface area contributed by atoms with Crippen LogP contribution in [0.4, 0.5) is 4.39 Å². The number of aromatic amines is 1. The number of rotatable bonds is 2. The van der Waals surface area contributed by atoms with Crippen LogP contribution in [0.3, 0.4) is 0 Å². The lowest BCUT2D eigenvalue weighted by Gasteiger charge is -2.36. The molecular weight excluding hydrogens is 315 g/mol. The lowest BCUT2D eigenvalue weighted by atomic mass is 9.92. The summed E-state index contributed by atoms with van der Waals surface area (Å²) in [7, 11) is 0. The van der Waals surface area contributed by atoms with Gasteiger partial charge in [-0.15, -0.1) is 0 Å². The second-order valence-corrected chi connectivity index (χ2v) is 7.07. The van der Waals surface area contributed by atoms with Crippen molar-refractivity contribution in [1.29, 1.82) is 0 Å². The number of carbonyl (C=O) groups is 1. The van der Waals surface area contributed by atoms with Crippen molar-refractivity contribution in [2.45, 2.75) is 25.3 Å². The summed E-state index contributed by atoms with van der Waals surface area (Å²) in [5.74, 6) is 0.156. The molecule has 1 fully saturated rings. The van der Waals surface area contributed by atoms with Gasteiger partial charge in [-0.1, -0.05) is 30.3 Å². The van der Waals surface area contributed by atoms with E-state index in [1.807, 2.05) is 17.0 Å². The summed E-state index contributed by atoms with van der Waals surface area (Å²) >= 11 is 0. The van der Waals surface area contributed by atoms with Crippen molar-refractivity contribution in [2.75, 3.05) is 6.54 Å². The number of fused-ring (bicyclic) bond motifs is 3. The van der Waals surface area contributed by atoms with Crippen molar-refractivity contribution in [3.63, 3.8) is 0 Å². The fraction of sp³-hybridized carbons (Fsp3) is 0.286. The molecule has 3 aromatic rings. The van der Waals surface area contributed by atoms with E-state index in [1.165, 1.54) is 23.1 Å². The second kappa shape index (κ2) is 5.45. The highest BCUT2D eigenvalue weighted by atomic mass is 19.1. The van der Waals surface area contributed by atoms with Gasteiger partial charge in [-0.25, -0.2) is 4.39 Å². The van der Waals surface area contributed by atoms with Crippen LogP contribution in [0.15, 0.2) is 48.5 Å². The van der Waals surface area contributed by atoms with Gasteiger partial charge in [-0.05, 0) is 48.6 Å². The van der Waals surface area contributed by atoms with Crippen LogP contribution in [0, 0.1) is 11.7 Å². The maximum Gasteiger partial charge on any atom is 0.226 e. The van der Waals surface area contributed by atoms with Gasteiger partial charge < -0.3 is 9.88 Å². The van der Waals surface area contributed by atoms with Gasteiger partial charge in [0.2, 0.25) is 5.91 Å². The van der Waals surface area contributed by atoms with E-state index in [4.69, 9.17) is 0 Å². The Labute approximate surface area is 145 Å². The third-order valence-electron chi connectivity index (χ3n) is 5.43. The minimum atomic E-state index is -0.253. The number of amides is 1. The SMILES string of the molecule is O=C(C1CC1)N1CCc2c([nH]c3ccccc23)[C@@H]1c1ccc(F)cc1. The molecule has 2 aliphatic rings. The van der Waals surface area contributed by atoms with E-state index in [2.05, 4.69) is 17.1 Å². The van der Waals surface area contributed by atoms with Gasteiger partial charge in [0, 0.05) is 29.1 Å². The van der Waals surface area contributed by atoms with Crippen molar-refractivity contribution in [3.8, 4) is 0 Å². The highest BCUT2D eigenvalue weighted by Gasteiger charge is 2.40. The zero-order valence-electron chi connectivity index (χ0n) is 13.8. The summed E-state index contributed by atoms with van der Waals surface area (Å²) in [6, 6.07) is 14.7. The average molecular weight is 334 g/mol. The van der Waals surface area contributed by atoms with Crippen LogP contribution in [0.5, 0.6) is 0 Å². The number of para-hydroxylation sites is 1. The number of nitrogens with zero attached hydrogens (tertiary/aromatic N) is 1. The molecule has 1 aliphatic heterocycles. The molecule has 1 N–H and O–H groups in total. The molecule has 1 aliphatic carbocycles. The quantitative estimate of drug-likeness (QED) is 0.749. The van der Waals surface area contributed by atoms with Crippen LogP contribution in [0.25, 0.3) is 10.9 Å². The van der Waals surface area contributed by atoms with Gasteiger partial charge >= 0.3 is 0 Å². The molecule has 0 spiro atoms. The molecule has 5 rings (SSSR count). The molecule has 4 heteroatoms. The number of H-pyrrole nitrogens is 1. The molecule has 1 saturated carbocycles. The number of hydrogen-bond donors (Lipinski definition) is 1. The Balaban J connectivity index is 1.68. The van der Waals surface area contributed by atoms with Crippen molar-refractivity contribution in [1.82, 2.24) is 9.88 Å². The van der Waals surface area contributed by atoms with Crippen LogP contribution in [-0.2, 0) is 11.2 Å². The summed E-state index contributed by atoms with van der Waals surface area (Å²) in [6.07, 6.45) is 2.84. The number of halogens is 1. The molecule has 0 bridgehead atoms. The molecule has 1 amide bonds. The van der Waals surface area contributed by atoms with Crippen LogP contribution in [-0.4, -0.2) is 22.3 Å². The lowest BCUT2D eigenvalue weighted by Crippen LogP contribution is -2.41.